The first-order chi connectivity index (χ1) is 10.1. The highest BCUT2D eigenvalue weighted by Crippen LogP contribution is 2.24. The summed E-state index contributed by atoms with van der Waals surface area (Å²) in [7, 11) is 0. The van der Waals surface area contributed by atoms with Crippen LogP contribution in [0.2, 0.25) is 5.02 Å². The summed E-state index contributed by atoms with van der Waals surface area (Å²) in [6.45, 7) is 7.16. The number of halogens is 1. The van der Waals surface area contributed by atoms with Crippen LogP contribution in [0.5, 0.6) is 0 Å². The molecule has 4 heteroatoms. The molecular formula is C17H31ClN2O. The SMILES string of the molecule is CCCCCCCCC(O)Cc1c(Cl)c(CC)nn1CC. The summed E-state index contributed by atoms with van der Waals surface area (Å²) in [6, 6.07) is 0. The molecule has 122 valence electrons. The van der Waals surface area contributed by atoms with Crippen LogP contribution >= 0.6 is 11.6 Å². The number of unbranched alkanes of at least 4 members (excludes halogenated alkanes) is 5. The summed E-state index contributed by atoms with van der Waals surface area (Å²) in [5.41, 5.74) is 1.94. The van der Waals surface area contributed by atoms with Crippen LogP contribution in [0, 0.1) is 0 Å². The van der Waals surface area contributed by atoms with Gasteiger partial charge in [-0.3, -0.25) is 4.68 Å². The van der Waals surface area contributed by atoms with Gasteiger partial charge in [-0.2, -0.15) is 5.10 Å². The maximum absolute atomic E-state index is 10.2. The van der Waals surface area contributed by atoms with E-state index >= 15 is 0 Å². The van der Waals surface area contributed by atoms with Crippen molar-refractivity contribution in [2.24, 2.45) is 0 Å². The molecule has 0 amide bonds. The first kappa shape index (κ1) is 18.5. The molecule has 0 fully saturated rings. The van der Waals surface area contributed by atoms with Gasteiger partial charge in [-0.1, -0.05) is 64.0 Å². The molecule has 1 heterocycles. The first-order valence-electron chi connectivity index (χ1n) is 8.56. The van der Waals surface area contributed by atoms with Gasteiger partial charge in [0.15, 0.2) is 0 Å². The Morgan fingerprint density at radius 2 is 1.76 bits per heavy atom. The zero-order valence-corrected chi connectivity index (χ0v) is 14.6. The largest absolute Gasteiger partial charge is 0.393 e. The molecule has 3 nitrogen and oxygen atoms in total. The van der Waals surface area contributed by atoms with Crippen molar-refractivity contribution in [3.8, 4) is 0 Å². The Labute approximate surface area is 134 Å². The average Bonchev–Trinajstić information content (AvgIpc) is 2.79. The van der Waals surface area contributed by atoms with Crippen molar-refractivity contribution in [2.45, 2.75) is 91.2 Å². The minimum Gasteiger partial charge on any atom is -0.393 e. The normalized spacial score (nSPS) is 12.8. The molecule has 0 aromatic carbocycles. The van der Waals surface area contributed by atoms with Crippen LogP contribution in [0.3, 0.4) is 0 Å². The molecule has 0 aliphatic carbocycles. The molecule has 0 spiro atoms. The number of aryl methyl sites for hydroxylation is 2. The highest BCUT2D eigenvalue weighted by atomic mass is 35.5. The molecule has 0 aliphatic heterocycles. The number of rotatable bonds is 11. The number of aromatic nitrogens is 2. The number of nitrogens with zero attached hydrogens (tertiary/aromatic N) is 2. The quantitative estimate of drug-likeness (QED) is 0.597. The van der Waals surface area contributed by atoms with Crippen molar-refractivity contribution in [2.75, 3.05) is 0 Å². The molecule has 0 aliphatic rings. The van der Waals surface area contributed by atoms with Gasteiger partial charge in [-0.05, 0) is 19.8 Å². The predicted octanol–water partition coefficient (Wildman–Crippen LogP) is 4.77. The number of hydrogen-bond acceptors (Lipinski definition) is 2. The second-order valence-electron chi connectivity index (χ2n) is 5.79. The third-order valence-electron chi connectivity index (χ3n) is 4.01. The van der Waals surface area contributed by atoms with E-state index in [1.807, 2.05) is 4.68 Å². The topological polar surface area (TPSA) is 38.1 Å². The summed E-state index contributed by atoms with van der Waals surface area (Å²) in [4.78, 5) is 0. The van der Waals surface area contributed by atoms with Gasteiger partial charge in [-0.15, -0.1) is 0 Å². The predicted molar refractivity (Wildman–Crippen MR) is 90.0 cm³/mol. The van der Waals surface area contributed by atoms with Crippen LogP contribution in [-0.2, 0) is 19.4 Å². The fourth-order valence-corrected chi connectivity index (χ4v) is 3.04. The van der Waals surface area contributed by atoms with Crippen molar-refractivity contribution < 1.29 is 5.11 Å². The van der Waals surface area contributed by atoms with Crippen molar-refractivity contribution in [3.63, 3.8) is 0 Å². The molecule has 1 aromatic rings. The second-order valence-corrected chi connectivity index (χ2v) is 6.17. The van der Waals surface area contributed by atoms with Crippen LogP contribution in [-0.4, -0.2) is 21.0 Å². The second kappa shape index (κ2) is 10.2. The van der Waals surface area contributed by atoms with Gasteiger partial charge in [-0.25, -0.2) is 0 Å². The van der Waals surface area contributed by atoms with E-state index in [4.69, 9.17) is 11.6 Å². The van der Waals surface area contributed by atoms with Gasteiger partial charge in [0.1, 0.15) is 0 Å². The molecule has 0 saturated heterocycles. The molecule has 1 aromatic heterocycles. The van der Waals surface area contributed by atoms with Crippen molar-refractivity contribution in [1.82, 2.24) is 9.78 Å². The average molecular weight is 315 g/mol. The third kappa shape index (κ3) is 5.99. The number of aliphatic hydroxyl groups is 1. The van der Waals surface area contributed by atoms with Crippen molar-refractivity contribution >= 4 is 11.6 Å². The zero-order chi connectivity index (χ0) is 15.7. The molecule has 1 rings (SSSR count). The number of hydrogen-bond donors (Lipinski definition) is 1. The Balaban J connectivity index is 2.40. The van der Waals surface area contributed by atoms with Crippen LogP contribution in [0.4, 0.5) is 0 Å². The van der Waals surface area contributed by atoms with Gasteiger partial charge < -0.3 is 5.11 Å². The van der Waals surface area contributed by atoms with Gasteiger partial charge >= 0.3 is 0 Å². The van der Waals surface area contributed by atoms with E-state index in [2.05, 4.69) is 25.9 Å². The smallest absolute Gasteiger partial charge is 0.0850 e. The zero-order valence-electron chi connectivity index (χ0n) is 13.9. The molecule has 0 saturated carbocycles. The molecule has 21 heavy (non-hydrogen) atoms. The maximum atomic E-state index is 10.2. The van der Waals surface area contributed by atoms with E-state index in [0.717, 1.165) is 42.2 Å². The monoisotopic (exact) mass is 314 g/mol. The summed E-state index contributed by atoms with van der Waals surface area (Å²) in [5, 5.41) is 15.5. The van der Waals surface area contributed by atoms with Crippen molar-refractivity contribution in [1.29, 1.82) is 0 Å². The summed E-state index contributed by atoms with van der Waals surface area (Å²) in [5.74, 6) is 0. The maximum Gasteiger partial charge on any atom is 0.0850 e. The fourth-order valence-electron chi connectivity index (χ4n) is 2.70. The van der Waals surface area contributed by atoms with E-state index < -0.39 is 0 Å². The fraction of sp³-hybridized carbons (Fsp3) is 0.824. The lowest BCUT2D eigenvalue weighted by molar-refractivity contribution is 0.158. The minimum atomic E-state index is -0.305. The summed E-state index contributed by atoms with van der Waals surface area (Å²) < 4.78 is 1.94. The molecule has 1 N–H and O–H groups in total. The van der Waals surface area contributed by atoms with Crippen LogP contribution in [0.25, 0.3) is 0 Å². The Hall–Kier alpha value is -0.540. The Morgan fingerprint density at radius 3 is 2.38 bits per heavy atom. The first-order valence-corrected chi connectivity index (χ1v) is 8.93. The van der Waals surface area contributed by atoms with Crippen molar-refractivity contribution in [3.05, 3.63) is 16.4 Å². The Bertz CT molecular complexity index is 404. The van der Waals surface area contributed by atoms with E-state index in [1.165, 1.54) is 32.1 Å². The van der Waals surface area contributed by atoms with Gasteiger partial charge in [0.05, 0.1) is 22.5 Å². The Kier molecular flexibility index (Phi) is 9.02. The third-order valence-corrected chi connectivity index (χ3v) is 4.45. The van der Waals surface area contributed by atoms with Gasteiger partial charge in [0, 0.05) is 13.0 Å². The van der Waals surface area contributed by atoms with Crippen LogP contribution in [0.1, 0.15) is 77.1 Å². The van der Waals surface area contributed by atoms with E-state index in [1.54, 1.807) is 0 Å². The standard InChI is InChI=1S/C17H31ClN2O/c1-4-7-8-9-10-11-12-14(21)13-16-17(18)15(5-2)19-20(16)6-3/h14,21H,4-13H2,1-3H3. The minimum absolute atomic E-state index is 0.305. The van der Waals surface area contributed by atoms with Gasteiger partial charge in [0.2, 0.25) is 0 Å². The molecule has 0 radical (unpaired) electrons. The Morgan fingerprint density at radius 1 is 1.10 bits per heavy atom. The molecule has 1 unspecified atom stereocenters. The van der Waals surface area contributed by atoms with Crippen LogP contribution < -0.4 is 0 Å². The van der Waals surface area contributed by atoms with Crippen LogP contribution in [0.15, 0.2) is 0 Å². The summed E-state index contributed by atoms with van der Waals surface area (Å²) >= 11 is 6.38. The highest BCUT2D eigenvalue weighted by molar-refractivity contribution is 6.31. The molecule has 0 bridgehead atoms. The van der Waals surface area contributed by atoms with Gasteiger partial charge in [0.25, 0.3) is 0 Å². The number of aliphatic hydroxyl groups excluding tert-OH is 1. The van der Waals surface area contributed by atoms with E-state index in [-0.39, 0.29) is 6.10 Å². The highest BCUT2D eigenvalue weighted by Gasteiger charge is 2.17. The van der Waals surface area contributed by atoms with E-state index in [9.17, 15) is 5.11 Å². The molecule has 1 atom stereocenters. The lowest BCUT2D eigenvalue weighted by Gasteiger charge is -2.12. The molecular weight excluding hydrogens is 284 g/mol. The lowest BCUT2D eigenvalue weighted by atomic mass is 10.0. The lowest BCUT2D eigenvalue weighted by Crippen LogP contribution is -2.14. The van der Waals surface area contributed by atoms with E-state index in [0.29, 0.717) is 6.42 Å². The summed E-state index contributed by atoms with van der Waals surface area (Å²) in [6.07, 6.45) is 9.55.